The van der Waals surface area contributed by atoms with Gasteiger partial charge in [0.25, 0.3) is 10.1 Å². The lowest BCUT2D eigenvalue weighted by Crippen LogP contribution is -2.47. The molecule has 0 radical (unpaired) electrons. The van der Waals surface area contributed by atoms with Crippen LogP contribution in [-0.4, -0.2) is 24.3 Å². The summed E-state index contributed by atoms with van der Waals surface area (Å²) in [7, 11) is -3.91. The standard InChI is InChI=1S/C7H15NO3S/c8-7(6-12(9,10)11)4-2-1-3-5-7/h1-6,8H2,(H,9,10,11). The van der Waals surface area contributed by atoms with E-state index in [4.69, 9.17) is 10.3 Å². The van der Waals surface area contributed by atoms with Crippen LogP contribution < -0.4 is 5.73 Å². The molecule has 1 saturated carbocycles. The van der Waals surface area contributed by atoms with Crippen LogP contribution in [0.1, 0.15) is 32.1 Å². The van der Waals surface area contributed by atoms with Crippen molar-refractivity contribution in [3.63, 3.8) is 0 Å². The Labute approximate surface area is 72.9 Å². The van der Waals surface area contributed by atoms with Crippen LogP contribution >= 0.6 is 0 Å². The van der Waals surface area contributed by atoms with Crippen molar-refractivity contribution in [3.8, 4) is 0 Å². The largest absolute Gasteiger partial charge is 0.324 e. The molecule has 1 aliphatic rings. The molecule has 0 bridgehead atoms. The van der Waals surface area contributed by atoms with Gasteiger partial charge in [0.15, 0.2) is 0 Å². The molecule has 72 valence electrons. The summed E-state index contributed by atoms with van der Waals surface area (Å²) in [5.41, 5.74) is 5.13. The molecule has 0 spiro atoms. The molecular weight excluding hydrogens is 178 g/mol. The van der Waals surface area contributed by atoms with Gasteiger partial charge in [-0.25, -0.2) is 0 Å². The molecule has 3 N–H and O–H groups in total. The van der Waals surface area contributed by atoms with Crippen molar-refractivity contribution in [3.05, 3.63) is 0 Å². The maximum absolute atomic E-state index is 10.6. The molecule has 1 rings (SSSR count). The van der Waals surface area contributed by atoms with Crippen molar-refractivity contribution >= 4 is 10.1 Å². The molecule has 5 heteroatoms. The van der Waals surface area contributed by atoms with Crippen molar-refractivity contribution in [1.29, 1.82) is 0 Å². The fraction of sp³-hybridized carbons (Fsp3) is 1.00. The smallest absolute Gasteiger partial charge is 0.266 e. The average molecular weight is 193 g/mol. The lowest BCUT2D eigenvalue weighted by molar-refractivity contribution is 0.317. The van der Waals surface area contributed by atoms with E-state index in [2.05, 4.69) is 0 Å². The topological polar surface area (TPSA) is 80.4 Å². The second-order valence-electron chi connectivity index (χ2n) is 3.65. The van der Waals surface area contributed by atoms with Gasteiger partial charge in [-0.05, 0) is 12.8 Å². The first-order valence-corrected chi connectivity index (χ1v) is 5.76. The molecule has 4 nitrogen and oxygen atoms in total. The Morgan fingerprint density at radius 1 is 1.25 bits per heavy atom. The van der Waals surface area contributed by atoms with E-state index in [-0.39, 0.29) is 5.75 Å². The molecular formula is C7H15NO3S. The normalized spacial score (nSPS) is 23.8. The highest BCUT2D eigenvalue weighted by atomic mass is 32.2. The zero-order chi connectivity index (χ0) is 9.24. The van der Waals surface area contributed by atoms with Crippen LogP contribution in [0.3, 0.4) is 0 Å². The van der Waals surface area contributed by atoms with Gasteiger partial charge in [-0.1, -0.05) is 19.3 Å². The van der Waals surface area contributed by atoms with E-state index >= 15 is 0 Å². The van der Waals surface area contributed by atoms with E-state index in [0.717, 1.165) is 19.3 Å². The second kappa shape index (κ2) is 3.32. The Hall–Kier alpha value is -0.130. The van der Waals surface area contributed by atoms with Crippen LogP contribution in [0.5, 0.6) is 0 Å². The summed E-state index contributed by atoms with van der Waals surface area (Å²) in [5.74, 6) is -0.292. The third-order valence-corrected chi connectivity index (χ3v) is 3.26. The quantitative estimate of drug-likeness (QED) is 0.627. The Kier molecular flexibility index (Phi) is 2.75. The molecule has 1 fully saturated rings. The molecule has 12 heavy (non-hydrogen) atoms. The minimum absolute atomic E-state index is 0.292. The highest BCUT2D eigenvalue weighted by Crippen LogP contribution is 2.26. The first kappa shape index (κ1) is 9.95. The van der Waals surface area contributed by atoms with Gasteiger partial charge in [0.05, 0.1) is 5.75 Å². The Morgan fingerprint density at radius 2 is 1.75 bits per heavy atom. The Bertz CT molecular complexity index is 241. The summed E-state index contributed by atoms with van der Waals surface area (Å²) in [6.07, 6.45) is 4.45. The maximum atomic E-state index is 10.6. The third kappa shape index (κ3) is 3.08. The van der Waals surface area contributed by atoms with E-state index in [1.165, 1.54) is 0 Å². The van der Waals surface area contributed by atoms with Crippen molar-refractivity contribution in [2.75, 3.05) is 5.75 Å². The highest BCUT2D eigenvalue weighted by molar-refractivity contribution is 7.85. The Morgan fingerprint density at radius 3 is 2.17 bits per heavy atom. The minimum atomic E-state index is -3.91. The molecule has 0 heterocycles. The van der Waals surface area contributed by atoms with Gasteiger partial charge >= 0.3 is 0 Å². The lowest BCUT2D eigenvalue weighted by atomic mass is 9.84. The van der Waals surface area contributed by atoms with Crippen LogP contribution in [-0.2, 0) is 10.1 Å². The van der Waals surface area contributed by atoms with E-state index in [9.17, 15) is 8.42 Å². The van der Waals surface area contributed by atoms with Crippen LogP contribution in [0.25, 0.3) is 0 Å². The summed E-state index contributed by atoms with van der Waals surface area (Å²) >= 11 is 0. The molecule has 0 unspecified atom stereocenters. The highest BCUT2D eigenvalue weighted by Gasteiger charge is 2.31. The number of nitrogens with two attached hydrogens (primary N) is 1. The molecule has 0 saturated heterocycles. The molecule has 0 aliphatic heterocycles. The summed E-state index contributed by atoms with van der Waals surface area (Å²) < 4.78 is 29.8. The van der Waals surface area contributed by atoms with E-state index in [1.807, 2.05) is 0 Å². The molecule has 0 amide bonds. The fourth-order valence-electron chi connectivity index (χ4n) is 1.76. The first-order chi connectivity index (χ1) is 5.41. The molecule has 0 aromatic heterocycles. The average Bonchev–Trinajstić information content (AvgIpc) is 1.83. The maximum Gasteiger partial charge on any atom is 0.266 e. The van der Waals surface area contributed by atoms with Gasteiger partial charge in [0, 0.05) is 5.54 Å². The van der Waals surface area contributed by atoms with E-state index in [0.29, 0.717) is 12.8 Å². The van der Waals surface area contributed by atoms with E-state index in [1.54, 1.807) is 0 Å². The fourth-order valence-corrected chi connectivity index (χ4v) is 2.78. The molecule has 0 atom stereocenters. The molecule has 0 aromatic carbocycles. The monoisotopic (exact) mass is 193 g/mol. The molecule has 1 aliphatic carbocycles. The zero-order valence-electron chi connectivity index (χ0n) is 6.99. The number of hydrogen-bond acceptors (Lipinski definition) is 3. The summed E-state index contributed by atoms with van der Waals surface area (Å²) in [5, 5.41) is 0. The third-order valence-electron chi connectivity index (χ3n) is 2.32. The molecule has 0 aromatic rings. The van der Waals surface area contributed by atoms with Crippen LogP contribution in [0.2, 0.25) is 0 Å². The summed E-state index contributed by atoms with van der Waals surface area (Å²) in [6, 6.07) is 0. The summed E-state index contributed by atoms with van der Waals surface area (Å²) in [4.78, 5) is 0. The minimum Gasteiger partial charge on any atom is -0.324 e. The van der Waals surface area contributed by atoms with Crippen LogP contribution in [0.4, 0.5) is 0 Å². The van der Waals surface area contributed by atoms with Crippen LogP contribution in [0, 0.1) is 0 Å². The van der Waals surface area contributed by atoms with Gasteiger partial charge in [-0.3, -0.25) is 4.55 Å². The lowest BCUT2D eigenvalue weighted by Gasteiger charge is -2.31. The zero-order valence-corrected chi connectivity index (χ0v) is 7.81. The van der Waals surface area contributed by atoms with Gasteiger partial charge in [-0.15, -0.1) is 0 Å². The predicted octanol–water partition coefficient (Wildman–Crippen LogP) is 0.536. The van der Waals surface area contributed by atoms with Gasteiger partial charge in [0.1, 0.15) is 0 Å². The first-order valence-electron chi connectivity index (χ1n) is 4.15. The van der Waals surface area contributed by atoms with Gasteiger partial charge < -0.3 is 5.73 Å². The van der Waals surface area contributed by atoms with Gasteiger partial charge in [-0.2, -0.15) is 8.42 Å². The van der Waals surface area contributed by atoms with Gasteiger partial charge in [0.2, 0.25) is 0 Å². The van der Waals surface area contributed by atoms with Crippen molar-refractivity contribution < 1.29 is 13.0 Å². The van der Waals surface area contributed by atoms with Crippen molar-refractivity contribution in [2.45, 2.75) is 37.6 Å². The Balaban J connectivity index is 2.59. The van der Waals surface area contributed by atoms with Crippen molar-refractivity contribution in [2.24, 2.45) is 5.73 Å². The second-order valence-corrected chi connectivity index (χ2v) is 5.10. The van der Waals surface area contributed by atoms with E-state index < -0.39 is 15.7 Å². The number of rotatable bonds is 2. The summed E-state index contributed by atoms with van der Waals surface area (Å²) in [6.45, 7) is 0. The number of hydrogen-bond donors (Lipinski definition) is 2. The van der Waals surface area contributed by atoms with Crippen molar-refractivity contribution in [1.82, 2.24) is 0 Å². The SMILES string of the molecule is NC1(CS(=O)(=O)O)CCCCC1. The van der Waals surface area contributed by atoms with Crippen LogP contribution in [0.15, 0.2) is 0 Å². The predicted molar refractivity (Wildman–Crippen MR) is 46.4 cm³/mol.